The van der Waals surface area contributed by atoms with Crippen molar-refractivity contribution in [1.82, 2.24) is 15.1 Å². The van der Waals surface area contributed by atoms with E-state index in [1.807, 2.05) is 0 Å². The van der Waals surface area contributed by atoms with Crippen molar-refractivity contribution in [2.24, 2.45) is 0 Å². The molecule has 74 valence electrons. The second-order valence-electron chi connectivity index (χ2n) is 3.06. The Bertz CT molecular complexity index is 324. The van der Waals surface area contributed by atoms with Gasteiger partial charge in [-0.2, -0.15) is 5.10 Å². The minimum atomic E-state index is 0.0594. The van der Waals surface area contributed by atoms with E-state index >= 15 is 0 Å². The molecule has 1 aromatic heterocycles. The topological polar surface area (TPSA) is 49.0 Å². The van der Waals surface area contributed by atoms with Crippen molar-refractivity contribution in [3.8, 4) is 12.3 Å². The maximum atomic E-state index is 11.4. The van der Waals surface area contributed by atoms with Gasteiger partial charge in [-0.15, -0.1) is 12.3 Å². The smallest absolute Gasteiger partial charge is 0.223 e. The Kier molecular flexibility index (Phi) is 3.74. The number of rotatable bonds is 4. The molecule has 1 rings (SSSR count). The van der Waals surface area contributed by atoms with Crippen LogP contribution in [0.3, 0.4) is 0 Å². The lowest BCUT2D eigenvalue weighted by Crippen LogP contribution is -2.25. The van der Waals surface area contributed by atoms with Crippen LogP contribution in [0, 0.1) is 12.3 Å². The van der Waals surface area contributed by atoms with E-state index < -0.39 is 0 Å². The first kappa shape index (κ1) is 10.3. The summed E-state index contributed by atoms with van der Waals surface area (Å²) in [5.41, 5.74) is 0.988. The molecule has 0 spiro atoms. The van der Waals surface area contributed by atoms with E-state index in [1.54, 1.807) is 24.3 Å². The van der Waals surface area contributed by atoms with Crippen LogP contribution >= 0.6 is 0 Å². The first-order valence-electron chi connectivity index (χ1n) is 4.39. The standard InChI is InChI=1S/C10H13N3O/c1-3-4-5-10(14)13(2)8-9-6-11-12-7-9/h1,6-7H,4-5,8H2,2H3,(H,11,12). The number of aromatic amines is 1. The minimum Gasteiger partial charge on any atom is -0.341 e. The highest BCUT2D eigenvalue weighted by molar-refractivity contribution is 5.76. The van der Waals surface area contributed by atoms with Crippen LogP contribution in [0.5, 0.6) is 0 Å². The number of carbonyl (C=O) groups excluding carboxylic acids is 1. The van der Waals surface area contributed by atoms with Crippen LogP contribution in [0.1, 0.15) is 18.4 Å². The van der Waals surface area contributed by atoms with E-state index in [4.69, 9.17) is 6.42 Å². The maximum Gasteiger partial charge on any atom is 0.223 e. The summed E-state index contributed by atoms with van der Waals surface area (Å²) >= 11 is 0. The summed E-state index contributed by atoms with van der Waals surface area (Å²) in [5, 5.41) is 6.50. The molecule has 1 aromatic rings. The summed E-state index contributed by atoms with van der Waals surface area (Å²) in [4.78, 5) is 13.1. The molecular weight excluding hydrogens is 178 g/mol. The van der Waals surface area contributed by atoms with Gasteiger partial charge in [0.05, 0.1) is 6.20 Å². The molecule has 0 aliphatic carbocycles. The Morgan fingerprint density at radius 2 is 2.57 bits per heavy atom. The molecule has 0 bridgehead atoms. The number of carbonyl (C=O) groups is 1. The maximum absolute atomic E-state index is 11.4. The quantitative estimate of drug-likeness (QED) is 0.715. The van der Waals surface area contributed by atoms with E-state index in [2.05, 4.69) is 16.1 Å². The highest BCUT2D eigenvalue weighted by Crippen LogP contribution is 2.02. The fourth-order valence-electron chi connectivity index (χ4n) is 1.10. The molecule has 0 aliphatic heterocycles. The highest BCUT2D eigenvalue weighted by Gasteiger charge is 2.08. The molecule has 4 nitrogen and oxygen atoms in total. The monoisotopic (exact) mass is 191 g/mol. The third-order valence-corrected chi connectivity index (χ3v) is 1.88. The number of nitrogens with zero attached hydrogens (tertiary/aromatic N) is 2. The number of hydrogen-bond acceptors (Lipinski definition) is 2. The second kappa shape index (κ2) is 5.07. The van der Waals surface area contributed by atoms with Crippen molar-refractivity contribution in [2.45, 2.75) is 19.4 Å². The molecule has 0 aliphatic rings. The fourth-order valence-corrected chi connectivity index (χ4v) is 1.10. The molecule has 0 atom stereocenters. The van der Waals surface area contributed by atoms with Gasteiger partial charge in [-0.1, -0.05) is 0 Å². The number of amides is 1. The Labute approximate surface area is 83.3 Å². The second-order valence-corrected chi connectivity index (χ2v) is 3.06. The Hall–Kier alpha value is -1.76. The number of hydrogen-bond donors (Lipinski definition) is 1. The van der Waals surface area contributed by atoms with Crippen molar-refractivity contribution in [1.29, 1.82) is 0 Å². The molecule has 4 heteroatoms. The molecular formula is C10H13N3O. The lowest BCUT2D eigenvalue weighted by Gasteiger charge is -2.15. The Balaban J connectivity index is 2.39. The van der Waals surface area contributed by atoms with E-state index in [0.29, 0.717) is 19.4 Å². The van der Waals surface area contributed by atoms with Gasteiger partial charge in [-0.3, -0.25) is 9.89 Å². The van der Waals surface area contributed by atoms with Crippen molar-refractivity contribution >= 4 is 5.91 Å². The highest BCUT2D eigenvalue weighted by atomic mass is 16.2. The summed E-state index contributed by atoms with van der Waals surface area (Å²) in [6, 6.07) is 0. The molecule has 1 heterocycles. The van der Waals surface area contributed by atoms with E-state index in [-0.39, 0.29) is 5.91 Å². The van der Waals surface area contributed by atoms with Gasteiger partial charge in [0.15, 0.2) is 0 Å². The van der Waals surface area contributed by atoms with Crippen molar-refractivity contribution < 1.29 is 4.79 Å². The van der Waals surface area contributed by atoms with Crippen molar-refractivity contribution in [3.05, 3.63) is 18.0 Å². The third-order valence-electron chi connectivity index (χ3n) is 1.88. The van der Waals surface area contributed by atoms with Crippen LogP contribution in [0.4, 0.5) is 0 Å². The number of terminal acetylenes is 1. The molecule has 0 saturated carbocycles. The zero-order chi connectivity index (χ0) is 10.4. The zero-order valence-electron chi connectivity index (χ0n) is 8.16. The lowest BCUT2D eigenvalue weighted by atomic mass is 10.2. The van der Waals surface area contributed by atoms with Crippen LogP contribution in [0.15, 0.2) is 12.4 Å². The van der Waals surface area contributed by atoms with Gasteiger partial charge in [0, 0.05) is 38.2 Å². The zero-order valence-corrected chi connectivity index (χ0v) is 8.16. The molecule has 0 saturated heterocycles. The molecule has 0 aromatic carbocycles. The summed E-state index contributed by atoms with van der Waals surface area (Å²) in [7, 11) is 1.76. The van der Waals surface area contributed by atoms with Crippen LogP contribution in [0.25, 0.3) is 0 Å². The van der Waals surface area contributed by atoms with Gasteiger partial charge >= 0.3 is 0 Å². The van der Waals surface area contributed by atoms with Gasteiger partial charge in [0.2, 0.25) is 5.91 Å². The minimum absolute atomic E-state index is 0.0594. The largest absolute Gasteiger partial charge is 0.341 e. The van der Waals surface area contributed by atoms with E-state index in [1.165, 1.54) is 0 Å². The fraction of sp³-hybridized carbons (Fsp3) is 0.400. The Morgan fingerprint density at radius 3 is 3.14 bits per heavy atom. The first-order valence-corrected chi connectivity index (χ1v) is 4.39. The third kappa shape index (κ3) is 2.94. The van der Waals surface area contributed by atoms with E-state index in [9.17, 15) is 4.79 Å². The summed E-state index contributed by atoms with van der Waals surface area (Å²) < 4.78 is 0. The van der Waals surface area contributed by atoms with Crippen molar-refractivity contribution in [2.75, 3.05) is 7.05 Å². The van der Waals surface area contributed by atoms with Gasteiger partial charge in [-0.25, -0.2) is 0 Å². The molecule has 1 amide bonds. The Morgan fingerprint density at radius 1 is 1.79 bits per heavy atom. The van der Waals surface area contributed by atoms with Crippen LogP contribution in [-0.4, -0.2) is 28.1 Å². The summed E-state index contributed by atoms with van der Waals surface area (Å²) in [5.74, 6) is 2.51. The number of H-pyrrole nitrogens is 1. The molecule has 14 heavy (non-hydrogen) atoms. The van der Waals surface area contributed by atoms with E-state index in [0.717, 1.165) is 5.56 Å². The molecule has 0 radical (unpaired) electrons. The average molecular weight is 191 g/mol. The molecule has 1 N–H and O–H groups in total. The van der Waals surface area contributed by atoms with Crippen LogP contribution < -0.4 is 0 Å². The van der Waals surface area contributed by atoms with Crippen LogP contribution in [-0.2, 0) is 11.3 Å². The number of nitrogens with one attached hydrogen (secondary N) is 1. The first-order chi connectivity index (χ1) is 6.74. The predicted octanol–water partition coefficient (Wildman–Crippen LogP) is 0.782. The van der Waals surface area contributed by atoms with Gasteiger partial charge < -0.3 is 4.90 Å². The SMILES string of the molecule is C#CCCC(=O)N(C)Cc1cn[nH]c1. The van der Waals surface area contributed by atoms with Gasteiger partial charge in [-0.05, 0) is 0 Å². The predicted molar refractivity (Wildman–Crippen MR) is 53.1 cm³/mol. The lowest BCUT2D eigenvalue weighted by molar-refractivity contribution is -0.130. The normalized spacial score (nSPS) is 9.43. The van der Waals surface area contributed by atoms with Gasteiger partial charge in [0.1, 0.15) is 0 Å². The molecule has 0 fully saturated rings. The van der Waals surface area contributed by atoms with Crippen LogP contribution in [0.2, 0.25) is 0 Å². The van der Waals surface area contributed by atoms with Gasteiger partial charge in [0.25, 0.3) is 0 Å². The average Bonchev–Trinajstić information content (AvgIpc) is 2.66. The van der Waals surface area contributed by atoms with Crippen molar-refractivity contribution in [3.63, 3.8) is 0 Å². The molecule has 0 unspecified atom stereocenters. The summed E-state index contributed by atoms with van der Waals surface area (Å²) in [6.45, 7) is 0.569. The summed E-state index contributed by atoms with van der Waals surface area (Å²) in [6.07, 6.45) is 9.45. The number of aromatic nitrogens is 2.